The summed E-state index contributed by atoms with van der Waals surface area (Å²) in [6, 6.07) is 0. The Morgan fingerprint density at radius 3 is 2.23 bits per heavy atom. The zero-order valence-electron chi connectivity index (χ0n) is 7.87. The first-order valence-electron chi connectivity index (χ1n) is 3.85. The van der Waals surface area contributed by atoms with Crippen LogP contribution in [0.25, 0.3) is 0 Å². The van der Waals surface area contributed by atoms with Gasteiger partial charge in [0.2, 0.25) is 5.91 Å². The van der Waals surface area contributed by atoms with Crippen LogP contribution in [0.4, 0.5) is 0 Å². The van der Waals surface area contributed by atoms with Gasteiger partial charge < -0.3 is 5.32 Å². The van der Waals surface area contributed by atoms with E-state index in [-0.39, 0.29) is 11.9 Å². The fraction of sp³-hybridized carbons (Fsp3) is 0.857. The highest BCUT2D eigenvalue weighted by atomic mass is 35.5. The molecule has 1 amide bonds. The number of alkyl halides is 1. The first kappa shape index (κ1) is 12.7. The quantitative estimate of drug-likeness (QED) is 0.697. The molecule has 4 nitrogen and oxygen atoms in total. The molecule has 0 spiro atoms. The minimum Gasteiger partial charge on any atom is -0.354 e. The fourth-order valence-electron chi connectivity index (χ4n) is 0.579. The van der Waals surface area contributed by atoms with E-state index < -0.39 is 21.0 Å². The molecule has 2 unspecified atom stereocenters. The lowest BCUT2D eigenvalue weighted by Gasteiger charge is -2.10. The predicted octanol–water partition coefficient (Wildman–Crippen LogP) is 0.163. The second-order valence-corrected chi connectivity index (χ2v) is 6.11. The SMILES string of the molecule is CC(Cl)CNC(=O)C(C)S(C)(=O)=O. The van der Waals surface area contributed by atoms with Crippen LogP contribution < -0.4 is 5.32 Å². The third kappa shape index (κ3) is 5.10. The van der Waals surface area contributed by atoms with Crippen LogP contribution in [0, 0.1) is 0 Å². The van der Waals surface area contributed by atoms with Gasteiger partial charge in [0.1, 0.15) is 5.25 Å². The lowest BCUT2D eigenvalue weighted by molar-refractivity contribution is -0.120. The van der Waals surface area contributed by atoms with Crippen molar-refractivity contribution in [2.75, 3.05) is 12.8 Å². The third-order valence-electron chi connectivity index (χ3n) is 1.57. The van der Waals surface area contributed by atoms with E-state index >= 15 is 0 Å². The summed E-state index contributed by atoms with van der Waals surface area (Å²) in [4.78, 5) is 11.1. The summed E-state index contributed by atoms with van der Waals surface area (Å²) in [5.41, 5.74) is 0. The molecule has 1 N–H and O–H groups in total. The van der Waals surface area contributed by atoms with Gasteiger partial charge in [-0.15, -0.1) is 11.6 Å². The van der Waals surface area contributed by atoms with Crippen LogP contribution in [0.3, 0.4) is 0 Å². The highest BCUT2D eigenvalue weighted by molar-refractivity contribution is 7.92. The Kier molecular flexibility index (Phi) is 4.70. The van der Waals surface area contributed by atoms with E-state index in [9.17, 15) is 13.2 Å². The van der Waals surface area contributed by atoms with Crippen molar-refractivity contribution in [1.29, 1.82) is 0 Å². The summed E-state index contributed by atoms with van der Waals surface area (Å²) in [5, 5.41) is 1.23. The maximum Gasteiger partial charge on any atom is 0.238 e. The monoisotopic (exact) mass is 227 g/mol. The molecular formula is C7H14ClNO3S. The molecule has 0 aliphatic rings. The molecule has 0 saturated heterocycles. The molecule has 78 valence electrons. The summed E-state index contributed by atoms with van der Waals surface area (Å²) in [5.74, 6) is -0.505. The minimum absolute atomic E-state index is 0.198. The number of carbonyl (C=O) groups excluding carboxylic acids is 1. The molecule has 0 aliphatic carbocycles. The van der Waals surface area contributed by atoms with Crippen LogP contribution >= 0.6 is 11.6 Å². The number of nitrogens with one attached hydrogen (secondary N) is 1. The second kappa shape index (κ2) is 4.81. The van der Waals surface area contributed by atoms with Crippen LogP contribution in [0.15, 0.2) is 0 Å². The number of hydrogen-bond acceptors (Lipinski definition) is 3. The van der Waals surface area contributed by atoms with E-state index in [2.05, 4.69) is 5.32 Å². The van der Waals surface area contributed by atoms with E-state index in [0.29, 0.717) is 0 Å². The Labute approximate surface area is 83.6 Å². The second-order valence-electron chi connectivity index (χ2n) is 3.00. The van der Waals surface area contributed by atoms with Crippen LogP contribution in [0.2, 0.25) is 0 Å². The highest BCUT2D eigenvalue weighted by Gasteiger charge is 2.23. The van der Waals surface area contributed by atoms with E-state index in [4.69, 9.17) is 11.6 Å². The Hall–Kier alpha value is -0.290. The molecule has 0 aromatic carbocycles. The van der Waals surface area contributed by atoms with Crippen molar-refractivity contribution < 1.29 is 13.2 Å². The van der Waals surface area contributed by atoms with Crippen molar-refractivity contribution in [2.24, 2.45) is 0 Å². The predicted molar refractivity (Wildman–Crippen MR) is 52.6 cm³/mol. The number of halogens is 1. The first-order chi connectivity index (χ1) is 5.75. The molecule has 0 saturated carbocycles. The molecular weight excluding hydrogens is 214 g/mol. The highest BCUT2D eigenvalue weighted by Crippen LogP contribution is 1.98. The van der Waals surface area contributed by atoms with Crippen LogP contribution in [-0.4, -0.2) is 37.8 Å². The van der Waals surface area contributed by atoms with E-state index in [1.54, 1.807) is 6.92 Å². The fourth-order valence-corrected chi connectivity index (χ4v) is 1.13. The summed E-state index contributed by atoms with van der Waals surface area (Å²) in [7, 11) is -3.31. The van der Waals surface area contributed by atoms with Gasteiger partial charge in [-0.2, -0.15) is 0 Å². The van der Waals surface area contributed by atoms with Crippen LogP contribution in [0.5, 0.6) is 0 Å². The van der Waals surface area contributed by atoms with Gasteiger partial charge in [-0.3, -0.25) is 4.79 Å². The van der Waals surface area contributed by atoms with Crippen molar-refractivity contribution in [2.45, 2.75) is 24.5 Å². The molecule has 0 aliphatic heterocycles. The third-order valence-corrected chi connectivity index (χ3v) is 3.22. The number of carbonyl (C=O) groups is 1. The topological polar surface area (TPSA) is 63.2 Å². The summed E-state index contributed by atoms with van der Waals surface area (Å²) in [6.45, 7) is 3.34. The number of sulfone groups is 1. The number of rotatable bonds is 4. The van der Waals surface area contributed by atoms with E-state index in [0.717, 1.165) is 6.26 Å². The molecule has 2 atom stereocenters. The zero-order chi connectivity index (χ0) is 10.6. The van der Waals surface area contributed by atoms with Gasteiger partial charge in [0, 0.05) is 18.2 Å². The zero-order valence-corrected chi connectivity index (χ0v) is 9.45. The van der Waals surface area contributed by atoms with E-state index in [1.165, 1.54) is 6.92 Å². The molecule has 0 rings (SSSR count). The lowest BCUT2D eigenvalue weighted by Crippen LogP contribution is -2.39. The van der Waals surface area contributed by atoms with Gasteiger partial charge in [-0.1, -0.05) is 0 Å². The maximum atomic E-state index is 11.1. The Morgan fingerprint density at radius 2 is 1.92 bits per heavy atom. The summed E-state index contributed by atoms with van der Waals surface area (Å²) < 4.78 is 21.8. The smallest absolute Gasteiger partial charge is 0.238 e. The maximum absolute atomic E-state index is 11.1. The van der Waals surface area contributed by atoms with Crippen molar-refractivity contribution in [1.82, 2.24) is 5.32 Å². The molecule has 0 radical (unpaired) electrons. The molecule has 0 aromatic rings. The molecule has 0 bridgehead atoms. The Morgan fingerprint density at radius 1 is 1.46 bits per heavy atom. The molecule has 6 heteroatoms. The average Bonchev–Trinajstić information content (AvgIpc) is 1.96. The van der Waals surface area contributed by atoms with Crippen molar-refractivity contribution in [3.8, 4) is 0 Å². The van der Waals surface area contributed by atoms with Gasteiger partial charge in [-0.25, -0.2) is 8.42 Å². The summed E-state index contributed by atoms with van der Waals surface area (Å²) >= 11 is 5.58. The minimum atomic E-state index is -3.31. The Balaban J connectivity index is 4.14. The lowest BCUT2D eigenvalue weighted by atomic mass is 10.4. The van der Waals surface area contributed by atoms with Gasteiger partial charge in [0.25, 0.3) is 0 Å². The normalized spacial score (nSPS) is 16.3. The van der Waals surface area contributed by atoms with Gasteiger partial charge in [0.05, 0.1) is 0 Å². The van der Waals surface area contributed by atoms with Gasteiger partial charge >= 0.3 is 0 Å². The molecule has 0 fully saturated rings. The molecule has 0 aromatic heterocycles. The van der Waals surface area contributed by atoms with Crippen molar-refractivity contribution in [3.63, 3.8) is 0 Å². The summed E-state index contributed by atoms with van der Waals surface area (Å²) in [6.07, 6.45) is 1.03. The molecule has 0 heterocycles. The molecule has 13 heavy (non-hydrogen) atoms. The number of amides is 1. The van der Waals surface area contributed by atoms with Crippen LogP contribution in [0.1, 0.15) is 13.8 Å². The Bertz CT molecular complexity index is 273. The van der Waals surface area contributed by atoms with E-state index in [1.807, 2.05) is 0 Å². The largest absolute Gasteiger partial charge is 0.354 e. The standard InChI is InChI=1S/C7H14ClNO3S/c1-5(8)4-9-7(10)6(2)13(3,11)12/h5-6H,4H2,1-3H3,(H,9,10). The van der Waals surface area contributed by atoms with Crippen molar-refractivity contribution >= 4 is 27.3 Å². The number of hydrogen-bond donors (Lipinski definition) is 1. The first-order valence-corrected chi connectivity index (χ1v) is 6.25. The van der Waals surface area contributed by atoms with Gasteiger partial charge in [-0.05, 0) is 13.8 Å². The van der Waals surface area contributed by atoms with Crippen LogP contribution in [-0.2, 0) is 14.6 Å². The average molecular weight is 228 g/mol. The van der Waals surface area contributed by atoms with Crippen molar-refractivity contribution in [3.05, 3.63) is 0 Å². The van der Waals surface area contributed by atoms with Gasteiger partial charge in [0.15, 0.2) is 9.84 Å².